The van der Waals surface area contributed by atoms with Crippen LogP contribution in [0.15, 0.2) is 24.3 Å². The van der Waals surface area contributed by atoms with E-state index in [1.807, 2.05) is 19.1 Å². The average molecular weight is 292 g/mol. The molecule has 114 valence electrons. The molecule has 6 heteroatoms. The van der Waals surface area contributed by atoms with Crippen molar-refractivity contribution in [2.45, 2.75) is 19.8 Å². The number of hydrogen-bond donors (Lipinski definition) is 2. The molecule has 0 saturated carbocycles. The van der Waals surface area contributed by atoms with Gasteiger partial charge in [0.25, 0.3) is 5.91 Å². The Morgan fingerprint density at radius 1 is 1.10 bits per heavy atom. The number of hydrogen-bond acceptors (Lipinski definition) is 4. The maximum absolute atomic E-state index is 11.8. The summed E-state index contributed by atoms with van der Waals surface area (Å²) in [6.45, 7) is 2.21. The fourth-order valence-corrected chi connectivity index (χ4v) is 1.59. The summed E-state index contributed by atoms with van der Waals surface area (Å²) in [7, 11) is 1.32. The van der Waals surface area contributed by atoms with E-state index in [0.29, 0.717) is 18.5 Å². The highest BCUT2D eigenvalue weighted by atomic mass is 16.5. The van der Waals surface area contributed by atoms with Crippen LogP contribution in [0.5, 0.6) is 0 Å². The summed E-state index contributed by atoms with van der Waals surface area (Å²) in [5.41, 5.74) is 1.58. The van der Waals surface area contributed by atoms with Crippen LogP contribution in [0.4, 0.5) is 0 Å². The van der Waals surface area contributed by atoms with Gasteiger partial charge in [0.15, 0.2) is 0 Å². The number of methoxy groups -OCH3 is 1. The molecule has 0 atom stereocenters. The number of aryl methyl sites for hydroxylation is 1. The molecule has 0 saturated heterocycles. The van der Waals surface area contributed by atoms with Crippen LogP contribution < -0.4 is 10.6 Å². The van der Waals surface area contributed by atoms with Crippen molar-refractivity contribution in [3.63, 3.8) is 0 Å². The third kappa shape index (κ3) is 6.56. The average Bonchev–Trinajstić information content (AvgIpc) is 2.49. The van der Waals surface area contributed by atoms with E-state index in [1.165, 1.54) is 7.11 Å². The number of amides is 2. The number of esters is 1. The predicted molar refractivity (Wildman–Crippen MR) is 77.8 cm³/mol. The molecule has 2 amide bonds. The summed E-state index contributed by atoms with van der Waals surface area (Å²) >= 11 is 0. The van der Waals surface area contributed by atoms with Crippen molar-refractivity contribution < 1.29 is 19.1 Å². The molecule has 0 spiro atoms. The molecule has 0 aliphatic rings. The van der Waals surface area contributed by atoms with Gasteiger partial charge in [-0.1, -0.05) is 17.7 Å². The van der Waals surface area contributed by atoms with Crippen LogP contribution in [0.1, 0.15) is 28.8 Å². The summed E-state index contributed by atoms with van der Waals surface area (Å²) in [4.78, 5) is 34.1. The van der Waals surface area contributed by atoms with Crippen LogP contribution in [0.3, 0.4) is 0 Å². The Labute approximate surface area is 123 Å². The largest absolute Gasteiger partial charge is 0.469 e. The summed E-state index contributed by atoms with van der Waals surface area (Å²) in [5.74, 6) is -0.892. The number of rotatable bonds is 7. The highest BCUT2D eigenvalue weighted by Crippen LogP contribution is 2.02. The second-order valence-corrected chi connectivity index (χ2v) is 4.58. The van der Waals surface area contributed by atoms with Gasteiger partial charge < -0.3 is 15.4 Å². The van der Waals surface area contributed by atoms with Crippen LogP contribution in [-0.4, -0.2) is 38.0 Å². The summed E-state index contributed by atoms with van der Waals surface area (Å²) < 4.78 is 4.48. The minimum atomic E-state index is -0.308. The Balaban J connectivity index is 2.22. The lowest BCUT2D eigenvalue weighted by Crippen LogP contribution is -2.37. The molecule has 6 nitrogen and oxygen atoms in total. The van der Waals surface area contributed by atoms with E-state index in [2.05, 4.69) is 15.4 Å². The molecule has 0 aromatic heterocycles. The normalized spacial score (nSPS) is 9.81. The van der Waals surface area contributed by atoms with E-state index in [4.69, 9.17) is 0 Å². The molecule has 1 aromatic carbocycles. The highest BCUT2D eigenvalue weighted by Gasteiger charge is 2.07. The lowest BCUT2D eigenvalue weighted by molar-refractivity contribution is -0.140. The first kappa shape index (κ1) is 16.7. The standard InChI is InChI=1S/C15H20N2O4/c1-11-5-7-12(8-6-11)15(20)17-10-13(18)16-9-3-4-14(19)21-2/h5-8H,3-4,9-10H2,1-2H3,(H,16,18)(H,17,20). The third-order valence-electron chi connectivity index (χ3n) is 2.83. The van der Waals surface area contributed by atoms with Gasteiger partial charge in [0.1, 0.15) is 0 Å². The van der Waals surface area contributed by atoms with Crippen molar-refractivity contribution in [3.8, 4) is 0 Å². The Kier molecular flexibility index (Phi) is 6.94. The smallest absolute Gasteiger partial charge is 0.305 e. The summed E-state index contributed by atoms with van der Waals surface area (Å²) in [5, 5.41) is 5.15. The van der Waals surface area contributed by atoms with E-state index < -0.39 is 0 Å². The minimum Gasteiger partial charge on any atom is -0.469 e. The molecule has 0 bridgehead atoms. The van der Waals surface area contributed by atoms with E-state index in [0.717, 1.165) is 5.56 Å². The second kappa shape index (κ2) is 8.73. The molecule has 0 aliphatic heterocycles. The van der Waals surface area contributed by atoms with Crippen molar-refractivity contribution in [1.82, 2.24) is 10.6 Å². The molecular formula is C15H20N2O4. The Bertz CT molecular complexity index is 497. The molecule has 1 rings (SSSR count). The van der Waals surface area contributed by atoms with Crippen molar-refractivity contribution in [2.75, 3.05) is 20.2 Å². The van der Waals surface area contributed by atoms with Gasteiger partial charge in [0.05, 0.1) is 13.7 Å². The first-order valence-corrected chi connectivity index (χ1v) is 6.71. The maximum Gasteiger partial charge on any atom is 0.305 e. The molecule has 0 heterocycles. The van der Waals surface area contributed by atoms with Crippen molar-refractivity contribution in [3.05, 3.63) is 35.4 Å². The molecule has 0 aliphatic carbocycles. The van der Waals surface area contributed by atoms with Gasteiger partial charge >= 0.3 is 5.97 Å². The van der Waals surface area contributed by atoms with Crippen LogP contribution in [-0.2, 0) is 14.3 Å². The van der Waals surface area contributed by atoms with Crippen LogP contribution in [0, 0.1) is 6.92 Å². The fourth-order valence-electron chi connectivity index (χ4n) is 1.59. The van der Waals surface area contributed by atoms with Gasteiger partial charge in [-0.15, -0.1) is 0 Å². The van der Waals surface area contributed by atoms with Crippen LogP contribution >= 0.6 is 0 Å². The Hall–Kier alpha value is -2.37. The topological polar surface area (TPSA) is 84.5 Å². The van der Waals surface area contributed by atoms with E-state index in [1.54, 1.807) is 12.1 Å². The lowest BCUT2D eigenvalue weighted by atomic mass is 10.1. The van der Waals surface area contributed by atoms with Gasteiger partial charge in [-0.3, -0.25) is 14.4 Å². The van der Waals surface area contributed by atoms with Crippen molar-refractivity contribution in [2.24, 2.45) is 0 Å². The van der Waals surface area contributed by atoms with Gasteiger partial charge in [-0.2, -0.15) is 0 Å². The highest BCUT2D eigenvalue weighted by molar-refractivity contribution is 5.96. The fraction of sp³-hybridized carbons (Fsp3) is 0.400. The lowest BCUT2D eigenvalue weighted by Gasteiger charge is -2.07. The Morgan fingerprint density at radius 3 is 2.38 bits per heavy atom. The second-order valence-electron chi connectivity index (χ2n) is 4.58. The van der Waals surface area contributed by atoms with Gasteiger partial charge in [-0.05, 0) is 25.5 Å². The van der Waals surface area contributed by atoms with Gasteiger partial charge in [-0.25, -0.2) is 0 Å². The first-order valence-electron chi connectivity index (χ1n) is 6.71. The number of ether oxygens (including phenoxy) is 1. The van der Waals surface area contributed by atoms with Crippen molar-refractivity contribution in [1.29, 1.82) is 0 Å². The van der Waals surface area contributed by atoms with Crippen LogP contribution in [0.2, 0.25) is 0 Å². The van der Waals surface area contributed by atoms with E-state index in [-0.39, 0.29) is 30.7 Å². The molecule has 1 aromatic rings. The molecule has 0 unspecified atom stereocenters. The third-order valence-corrected chi connectivity index (χ3v) is 2.83. The molecule has 2 N–H and O–H groups in total. The zero-order chi connectivity index (χ0) is 15.7. The number of nitrogens with one attached hydrogen (secondary N) is 2. The summed E-state index contributed by atoms with van der Waals surface area (Å²) in [6.07, 6.45) is 0.761. The quantitative estimate of drug-likeness (QED) is 0.575. The molecule has 0 radical (unpaired) electrons. The van der Waals surface area contributed by atoms with E-state index >= 15 is 0 Å². The summed E-state index contributed by atoms with van der Waals surface area (Å²) in [6, 6.07) is 7.08. The zero-order valence-corrected chi connectivity index (χ0v) is 12.3. The predicted octanol–water partition coefficient (Wildman–Crippen LogP) is 0.794. The number of carbonyl (C=O) groups is 3. The van der Waals surface area contributed by atoms with Gasteiger partial charge in [0, 0.05) is 18.5 Å². The minimum absolute atomic E-state index is 0.0923. The van der Waals surface area contributed by atoms with Gasteiger partial charge in [0.2, 0.25) is 5.91 Å². The Morgan fingerprint density at radius 2 is 1.76 bits per heavy atom. The zero-order valence-electron chi connectivity index (χ0n) is 12.3. The molecule has 21 heavy (non-hydrogen) atoms. The van der Waals surface area contributed by atoms with Crippen LogP contribution in [0.25, 0.3) is 0 Å². The maximum atomic E-state index is 11.8. The SMILES string of the molecule is COC(=O)CCCNC(=O)CNC(=O)c1ccc(C)cc1. The first-order chi connectivity index (χ1) is 10.0. The number of carbonyl (C=O) groups excluding carboxylic acids is 3. The van der Waals surface area contributed by atoms with E-state index in [9.17, 15) is 14.4 Å². The molecule has 0 fully saturated rings. The molecular weight excluding hydrogens is 272 g/mol. The monoisotopic (exact) mass is 292 g/mol. The van der Waals surface area contributed by atoms with Crippen molar-refractivity contribution >= 4 is 17.8 Å². The number of benzene rings is 1.